The summed E-state index contributed by atoms with van der Waals surface area (Å²) in [5.74, 6) is 0.788. The molecule has 1 aliphatic rings. The van der Waals surface area contributed by atoms with Crippen molar-refractivity contribution < 1.29 is 9.53 Å². The van der Waals surface area contributed by atoms with Crippen LogP contribution in [0.3, 0.4) is 0 Å². The fraction of sp³-hybridized carbons (Fsp3) is 0.261. The summed E-state index contributed by atoms with van der Waals surface area (Å²) in [7, 11) is 0. The predicted molar refractivity (Wildman–Crippen MR) is 126 cm³/mol. The van der Waals surface area contributed by atoms with Crippen molar-refractivity contribution in [3.63, 3.8) is 0 Å². The van der Waals surface area contributed by atoms with E-state index in [1.807, 2.05) is 65.1 Å². The van der Waals surface area contributed by atoms with E-state index in [2.05, 4.69) is 21.2 Å². The fourth-order valence-corrected chi connectivity index (χ4v) is 4.93. The van der Waals surface area contributed by atoms with Crippen molar-refractivity contribution in [1.29, 1.82) is 0 Å². The number of aromatic nitrogens is 4. The highest BCUT2D eigenvalue weighted by Crippen LogP contribution is 2.34. The van der Waals surface area contributed by atoms with Gasteiger partial charge in [-0.15, -0.1) is 10.2 Å². The second-order valence-corrected chi connectivity index (χ2v) is 9.31. The number of fused-ring (bicyclic) bond motifs is 1. The quantitative estimate of drug-likeness (QED) is 0.440. The molecule has 0 bridgehead atoms. The molecule has 7 nitrogen and oxygen atoms in total. The van der Waals surface area contributed by atoms with Gasteiger partial charge in [-0.1, -0.05) is 41.6 Å². The highest BCUT2D eigenvalue weighted by Gasteiger charge is 2.27. The molecule has 2 aromatic carbocycles. The Kier molecular flexibility index (Phi) is 5.91. The van der Waals surface area contributed by atoms with Gasteiger partial charge in [0.05, 0.1) is 18.5 Å². The lowest BCUT2D eigenvalue weighted by molar-refractivity contribution is -0.134. The van der Waals surface area contributed by atoms with Crippen LogP contribution in [0.25, 0.3) is 28.0 Å². The normalized spacial score (nSPS) is 15.2. The molecule has 0 aliphatic carbocycles. The first kappa shape index (κ1) is 21.1. The Morgan fingerprint density at radius 1 is 1.12 bits per heavy atom. The van der Waals surface area contributed by atoms with Crippen molar-refractivity contribution in [3.05, 3.63) is 59.8 Å². The van der Waals surface area contributed by atoms with E-state index in [-0.39, 0.29) is 11.2 Å². The van der Waals surface area contributed by atoms with Crippen LogP contribution >= 0.6 is 23.4 Å². The summed E-state index contributed by atoms with van der Waals surface area (Å²) >= 11 is 7.54. The molecule has 1 aliphatic heterocycles. The number of nitrogens with one attached hydrogen (secondary N) is 1. The number of ether oxygens (including phenoxy) is 1. The molecule has 1 N–H and O–H groups in total. The zero-order valence-electron chi connectivity index (χ0n) is 17.5. The average Bonchev–Trinajstić information content (AvgIpc) is 3.43. The molecule has 0 saturated carbocycles. The third-order valence-corrected chi connectivity index (χ3v) is 6.78. The predicted octanol–water partition coefficient (Wildman–Crippen LogP) is 4.41. The van der Waals surface area contributed by atoms with Gasteiger partial charge >= 0.3 is 0 Å². The monoisotopic (exact) mass is 467 g/mol. The number of carbonyl (C=O) groups excluding carboxylic acids is 1. The van der Waals surface area contributed by atoms with Crippen molar-refractivity contribution in [1.82, 2.24) is 24.6 Å². The molecule has 2 aromatic heterocycles. The lowest BCUT2D eigenvalue weighted by Crippen LogP contribution is -2.44. The largest absolute Gasteiger partial charge is 0.378 e. The van der Waals surface area contributed by atoms with Crippen LogP contribution < -0.4 is 0 Å². The van der Waals surface area contributed by atoms with Gasteiger partial charge in [0.2, 0.25) is 5.91 Å². The molecule has 0 spiro atoms. The second-order valence-electron chi connectivity index (χ2n) is 7.56. The van der Waals surface area contributed by atoms with Crippen LogP contribution in [0.15, 0.2) is 59.9 Å². The van der Waals surface area contributed by atoms with Crippen molar-refractivity contribution in [3.8, 4) is 17.1 Å². The van der Waals surface area contributed by atoms with Crippen LogP contribution in [-0.2, 0) is 9.53 Å². The summed E-state index contributed by atoms with van der Waals surface area (Å²) in [4.78, 5) is 18.1. The number of nitrogens with zero attached hydrogens (tertiary/aromatic N) is 4. The van der Waals surface area contributed by atoms with Crippen molar-refractivity contribution in [2.24, 2.45) is 0 Å². The molecule has 4 aromatic rings. The van der Waals surface area contributed by atoms with E-state index < -0.39 is 0 Å². The van der Waals surface area contributed by atoms with Crippen LogP contribution in [0.1, 0.15) is 6.92 Å². The number of thioether (sulfide) groups is 1. The Bertz CT molecular complexity index is 1250. The molecular weight excluding hydrogens is 446 g/mol. The van der Waals surface area contributed by atoms with E-state index in [1.54, 1.807) is 0 Å². The van der Waals surface area contributed by atoms with Crippen molar-refractivity contribution in [2.75, 3.05) is 26.3 Å². The summed E-state index contributed by atoms with van der Waals surface area (Å²) in [5, 5.41) is 11.1. The molecule has 32 heavy (non-hydrogen) atoms. The maximum atomic E-state index is 13.0. The molecule has 3 heterocycles. The Labute approximate surface area is 194 Å². The maximum absolute atomic E-state index is 13.0. The van der Waals surface area contributed by atoms with Gasteiger partial charge in [0.1, 0.15) is 0 Å². The minimum absolute atomic E-state index is 0.0811. The van der Waals surface area contributed by atoms with E-state index in [4.69, 9.17) is 16.3 Å². The fourth-order valence-electron chi connectivity index (χ4n) is 3.85. The van der Waals surface area contributed by atoms with Gasteiger partial charge in [0.15, 0.2) is 11.0 Å². The first-order valence-corrected chi connectivity index (χ1v) is 11.7. The van der Waals surface area contributed by atoms with Gasteiger partial charge < -0.3 is 14.6 Å². The first-order valence-electron chi connectivity index (χ1n) is 10.4. The van der Waals surface area contributed by atoms with Gasteiger partial charge in [-0.2, -0.15) is 0 Å². The molecule has 1 saturated heterocycles. The minimum Gasteiger partial charge on any atom is -0.378 e. The smallest absolute Gasteiger partial charge is 0.236 e. The van der Waals surface area contributed by atoms with E-state index >= 15 is 0 Å². The Hall–Kier alpha value is -2.81. The van der Waals surface area contributed by atoms with Gasteiger partial charge in [0.25, 0.3) is 0 Å². The van der Waals surface area contributed by atoms with E-state index in [9.17, 15) is 4.79 Å². The lowest BCUT2D eigenvalue weighted by Gasteiger charge is -2.28. The number of halogens is 1. The minimum atomic E-state index is -0.306. The maximum Gasteiger partial charge on any atom is 0.236 e. The number of aromatic amines is 1. The Morgan fingerprint density at radius 3 is 2.66 bits per heavy atom. The number of carbonyl (C=O) groups is 1. The van der Waals surface area contributed by atoms with Crippen LogP contribution in [0.5, 0.6) is 0 Å². The van der Waals surface area contributed by atoms with Crippen LogP contribution in [-0.4, -0.2) is 62.1 Å². The average molecular weight is 468 g/mol. The number of hydrogen-bond acceptors (Lipinski definition) is 5. The third-order valence-electron chi connectivity index (χ3n) is 5.50. The molecule has 164 valence electrons. The number of hydrogen-bond donors (Lipinski definition) is 1. The summed E-state index contributed by atoms with van der Waals surface area (Å²) in [6, 6.07) is 15.6. The Morgan fingerprint density at radius 2 is 1.88 bits per heavy atom. The number of para-hydroxylation sites is 1. The molecule has 1 atom stereocenters. The van der Waals surface area contributed by atoms with Gasteiger partial charge in [-0.3, -0.25) is 9.36 Å². The number of H-pyrrole nitrogens is 1. The summed E-state index contributed by atoms with van der Waals surface area (Å²) in [5.41, 5.74) is 2.86. The highest BCUT2D eigenvalue weighted by atomic mass is 35.5. The van der Waals surface area contributed by atoms with Gasteiger partial charge in [-0.25, -0.2) is 0 Å². The topological polar surface area (TPSA) is 76.0 Å². The van der Waals surface area contributed by atoms with E-state index in [0.717, 1.165) is 22.2 Å². The zero-order valence-corrected chi connectivity index (χ0v) is 19.1. The number of rotatable bonds is 5. The summed E-state index contributed by atoms with van der Waals surface area (Å²) in [6.07, 6.45) is 1.94. The van der Waals surface area contributed by atoms with Gasteiger partial charge in [-0.05, 0) is 37.3 Å². The Balaban J connectivity index is 1.54. The highest BCUT2D eigenvalue weighted by molar-refractivity contribution is 8.00. The molecular formula is C23H22ClN5O2S. The summed E-state index contributed by atoms with van der Waals surface area (Å²) in [6.45, 7) is 4.31. The molecule has 5 rings (SSSR count). The van der Waals surface area contributed by atoms with E-state index in [1.165, 1.54) is 11.8 Å². The summed E-state index contributed by atoms with van der Waals surface area (Å²) < 4.78 is 7.36. The van der Waals surface area contributed by atoms with Crippen LogP contribution in [0.4, 0.5) is 0 Å². The SMILES string of the molecule is CC(Sc1nnc(-c2c[nH]c3ccccc23)n1-c1ccc(Cl)cc1)C(=O)N1CCOCC1. The lowest BCUT2D eigenvalue weighted by atomic mass is 10.1. The molecule has 9 heteroatoms. The van der Waals surface area contributed by atoms with Gasteiger partial charge in [0, 0.05) is 46.5 Å². The number of amides is 1. The number of morpholine rings is 1. The molecule has 1 unspecified atom stereocenters. The van der Waals surface area contributed by atoms with Crippen molar-refractivity contribution >= 4 is 40.2 Å². The third kappa shape index (κ3) is 4.01. The zero-order chi connectivity index (χ0) is 22.1. The number of benzene rings is 2. The first-order chi connectivity index (χ1) is 15.6. The second kappa shape index (κ2) is 8.97. The molecule has 0 radical (unpaired) electrons. The standard InChI is InChI=1S/C23H22ClN5O2S/c1-15(22(30)28-10-12-31-13-11-28)32-23-27-26-21(29(23)17-8-6-16(24)7-9-17)19-14-25-20-5-3-2-4-18(19)20/h2-9,14-15,25H,10-13H2,1H3. The van der Waals surface area contributed by atoms with E-state index in [0.29, 0.717) is 42.3 Å². The van der Waals surface area contributed by atoms with Crippen molar-refractivity contribution in [2.45, 2.75) is 17.3 Å². The van der Waals surface area contributed by atoms with Crippen LogP contribution in [0.2, 0.25) is 5.02 Å². The molecule has 1 amide bonds. The molecule has 1 fully saturated rings. The van der Waals surface area contributed by atoms with Crippen LogP contribution in [0, 0.1) is 0 Å².